The zero-order valence-electron chi connectivity index (χ0n) is 12.0. The third kappa shape index (κ3) is 3.16. The van der Waals surface area contributed by atoms with Gasteiger partial charge in [-0.1, -0.05) is 6.07 Å². The lowest BCUT2D eigenvalue weighted by Gasteiger charge is -2.16. The van der Waals surface area contributed by atoms with Crippen molar-refractivity contribution in [1.29, 1.82) is 0 Å². The molecule has 0 radical (unpaired) electrons. The zero-order chi connectivity index (χ0) is 14.3. The molecule has 2 rings (SSSR count). The van der Waals surface area contributed by atoms with E-state index in [0.29, 0.717) is 11.4 Å². The maximum Gasteiger partial charge on any atom is 0.241 e. The summed E-state index contributed by atoms with van der Waals surface area (Å²) in [7, 11) is -1.56. The second kappa shape index (κ2) is 4.89. The van der Waals surface area contributed by atoms with Crippen LogP contribution in [0, 0.1) is 13.8 Å². The average Bonchev–Trinajstić information content (AvgIpc) is 2.98. The second-order valence-corrected chi connectivity index (χ2v) is 7.39. The molecule has 0 atom stereocenters. The number of sulfonamides is 1. The quantitative estimate of drug-likeness (QED) is 0.866. The van der Waals surface area contributed by atoms with E-state index in [1.54, 1.807) is 6.07 Å². The average molecular weight is 282 g/mol. The fraction of sp³-hybridized carbons (Fsp3) is 0.571. The molecule has 1 fully saturated rings. The molecule has 0 amide bonds. The van der Waals surface area contributed by atoms with Crippen LogP contribution in [0.15, 0.2) is 17.0 Å². The molecule has 4 nitrogen and oxygen atoms in total. The number of hydrogen-bond donors (Lipinski definition) is 2. The highest BCUT2D eigenvalue weighted by molar-refractivity contribution is 7.89. The molecule has 0 heterocycles. The summed E-state index contributed by atoms with van der Waals surface area (Å²) < 4.78 is 27.7. The van der Waals surface area contributed by atoms with Gasteiger partial charge >= 0.3 is 0 Å². The van der Waals surface area contributed by atoms with Gasteiger partial charge in [0.05, 0.1) is 4.90 Å². The minimum Gasteiger partial charge on any atom is -0.316 e. The predicted octanol–water partition coefficient (Wildman–Crippen LogP) is 1.85. The summed E-state index contributed by atoms with van der Waals surface area (Å²) in [4.78, 5) is 0.400. The first-order chi connectivity index (χ1) is 8.77. The molecule has 0 bridgehead atoms. The Balaban J connectivity index is 2.40. The topological polar surface area (TPSA) is 58.2 Å². The first-order valence-electron chi connectivity index (χ1n) is 6.56. The van der Waals surface area contributed by atoms with Crippen molar-refractivity contribution in [2.75, 3.05) is 7.05 Å². The molecule has 19 heavy (non-hydrogen) atoms. The van der Waals surface area contributed by atoms with Gasteiger partial charge < -0.3 is 5.32 Å². The van der Waals surface area contributed by atoms with Crippen molar-refractivity contribution in [2.24, 2.45) is 0 Å². The van der Waals surface area contributed by atoms with Crippen molar-refractivity contribution in [1.82, 2.24) is 10.0 Å². The standard InChI is InChI=1S/C14H22N2O2S/c1-10-7-11(2)13(8-12(10)9-15-4)19(17,18)16-14(3)5-6-14/h7-8,15-16H,5-6,9H2,1-4H3. The highest BCUT2D eigenvalue weighted by atomic mass is 32.2. The molecule has 1 aliphatic carbocycles. The lowest BCUT2D eigenvalue weighted by atomic mass is 10.1. The van der Waals surface area contributed by atoms with Crippen LogP contribution in [0.25, 0.3) is 0 Å². The van der Waals surface area contributed by atoms with Gasteiger partial charge in [-0.05, 0) is 63.4 Å². The van der Waals surface area contributed by atoms with Crippen LogP contribution in [-0.4, -0.2) is 21.0 Å². The number of aryl methyl sites for hydroxylation is 2. The Morgan fingerprint density at radius 2 is 1.84 bits per heavy atom. The number of nitrogens with one attached hydrogen (secondary N) is 2. The van der Waals surface area contributed by atoms with Gasteiger partial charge in [-0.2, -0.15) is 0 Å². The fourth-order valence-electron chi connectivity index (χ4n) is 2.21. The summed E-state index contributed by atoms with van der Waals surface area (Å²) in [6, 6.07) is 3.73. The van der Waals surface area contributed by atoms with E-state index in [4.69, 9.17) is 0 Å². The molecule has 5 heteroatoms. The van der Waals surface area contributed by atoms with Crippen LogP contribution >= 0.6 is 0 Å². The number of benzene rings is 1. The number of rotatable bonds is 5. The fourth-order valence-corrected chi connectivity index (χ4v) is 3.96. The Morgan fingerprint density at radius 3 is 2.37 bits per heavy atom. The Labute approximate surface area is 115 Å². The van der Waals surface area contributed by atoms with Crippen LogP contribution in [-0.2, 0) is 16.6 Å². The molecule has 0 unspecified atom stereocenters. The minimum absolute atomic E-state index is 0.237. The molecule has 1 aromatic rings. The smallest absolute Gasteiger partial charge is 0.241 e. The van der Waals surface area contributed by atoms with Crippen molar-refractivity contribution in [3.05, 3.63) is 28.8 Å². The third-order valence-corrected chi connectivity index (χ3v) is 5.45. The summed E-state index contributed by atoms with van der Waals surface area (Å²) in [6.45, 7) is 6.47. The van der Waals surface area contributed by atoms with Crippen molar-refractivity contribution < 1.29 is 8.42 Å². The molecule has 2 N–H and O–H groups in total. The third-order valence-electron chi connectivity index (χ3n) is 3.67. The summed E-state index contributed by atoms with van der Waals surface area (Å²) in [6.07, 6.45) is 1.83. The van der Waals surface area contributed by atoms with Gasteiger partial charge in [0.2, 0.25) is 10.0 Å². The lowest BCUT2D eigenvalue weighted by molar-refractivity contribution is 0.557. The molecular weight excluding hydrogens is 260 g/mol. The van der Waals surface area contributed by atoms with Gasteiger partial charge in [-0.15, -0.1) is 0 Å². The van der Waals surface area contributed by atoms with Crippen LogP contribution in [0.2, 0.25) is 0 Å². The number of hydrogen-bond acceptors (Lipinski definition) is 3. The van der Waals surface area contributed by atoms with Crippen molar-refractivity contribution in [3.63, 3.8) is 0 Å². The highest BCUT2D eigenvalue weighted by Crippen LogP contribution is 2.36. The van der Waals surface area contributed by atoms with Gasteiger partial charge in [0.15, 0.2) is 0 Å². The van der Waals surface area contributed by atoms with E-state index in [9.17, 15) is 8.42 Å². The van der Waals surface area contributed by atoms with Gasteiger partial charge in [-0.3, -0.25) is 0 Å². The highest BCUT2D eigenvalue weighted by Gasteiger charge is 2.41. The van der Waals surface area contributed by atoms with E-state index in [2.05, 4.69) is 10.0 Å². The molecule has 1 aliphatic rings. The maximum atomic E-state index is 12.4. The summed E-state index contributed by atoms with van der Waals surface area (Å²) in [5, 5.41) is 3.07. The van der Waals surface area contributed by atoms with E-state index in [1.807, 2.05) is 33.9 Å². The van der Waals surface area contributed by atoms with Crippen molar-refractivity contribution >= 4 is 10.0 Å². The van der Waals surface area contributed by atoms with E-state index >= 15 is 0 Å². The molecule has 0 aromatic heterocycles. The van der Waals surface area contributed by atoms with Gasteiger partial charge in [0, 0.05) is 12.1 Å². The molecule has 1 saturated carbocycles. The summed E-state index contributed by atoms with van der Waals surface area (Å²) in [5.74, 6) is 0. The van der Waals surface area contributed by atoms with Crippen molar-refractivity contribution in [2.45, 2.75) is 50.6 Å². The molecule has 0 saturated heterocycles. The monoisotopic (exact) mass is 282 g/mol. The van der Waals surface area contributed by atoms with Crippen LogP contribution in [0.1, 0.15) is 36.5 Å². The van der Waals surface area contributed by atoms with Gasteiger partial charge in [0.1, 0.15) is 0 Å². The van der Waals surface area contributed by atoms with Crippen molar-refractivity contribution in [3.8, 4) is 0 Å². The van der Waals surface area contributed by atoms with Gasteiger partial charge in [0.25, 0.3) is 0 Å². The van der Waals surface area contributed by atoms with Gasteiger partial charge in [-0.25, -0.2) is 13.1 Å². The normalized spacial score (nSPS) is 17.5. The van der Waals surface area contributed by atoms with E-state index in [1.165, 1.54) is 0 Å². The first-order valence-corrected chi connectivity index (χ1v) is 8.04. The first kappa shape index (κ1) is 14.5. The Morgan fingerprint density at radius 1 is 1.21 bits per heavy atom. The molecule has 0 spiro atoms. The maximum absolute atomic E-state index is 12.4. The Bertz CT molecular complexity index is 590. The lowest BCUT2D eigenvalue weighted by Crippen LogP contribution is -2.34. The van der Waals surface area contributed by atoms with E-state index in [0.717, 1.165) is 29.5 Å². The van der Waals surface area contributed by atoms with Crippen LogP contribution in [0.3, 0.4) is 0 Å². The largest absolute Gasteiger partial charge is 0.316 e. The summed E-state index contributed by atoms with van der Waals surface area (Å²) >= 11 is 0. The zero-order valence-corrected chi connectivity index (χ0v) is 12.8. The SMILES string of the molecule is CNCc1cc(S(=O)(=O)NC2(C)CC2)c(C)cc1C. The molecular formula is C14H22N2O2S. The Kier molecular flexibility index (Phi) is 3.73. The van der Waals surface area contributed by atoms with Crippen LogP contribution in [0.5, 0.6) is 0 Å². The second-order valence-electron chi connectivity index (χ2n) is 5.74. The molecule has 106 valence electrons. The van der Waals surface area contributed by atoms with Crippen LogP contribution < -0.4 is 10.0 Å². The Hall–Kier alpha value is -0.910. The summed E-state index contributed by atoms with van der Waals surface area (Å²) in [5.41, 5.74) is 2.70. The van der Waals surface area contributed by atoms with Crippen LogP contribution in [0.4, 0.5) is 0 Å². The minimum atomic E-state index is -3.42. The predicted molar refractivity (Wildman–Crippen MR) is 76.6 cm³/mol. The molecule has 1 aromatic carbocycles. The molecule has 0 aliphatic heterocycles. The van der Waals surface area contributed by atoms with E-state index < -0.39 is 10.0 Å². The van der Waals surface area contributed by atoms with E-state index in [-0.39, 0.29) is 5.54 Å².